The SMILES string of the molecule is Cc1c[nH]c(=O)n1-c1cccc(C(=O)N2CCN(CC3CCCCN3C)CC2)c1. The molecule has 1 N–H and O–H groups in total. The molecule has 0 spiro atoms. The van der Waals surface area contributed by atoms with Gasteiger partial charge in [-0.1, -0.05) is 12.5 Å². The van der Waals surface area contributed by atoms with Crippen LogP contribution in [0.1, 0.15) is 35.3 Å². The number of hydrogen-bond acceptors (Lipinski definition) is 4. The average Bonchev–Trinajstić information content (AvgIpc) is 3.08. The molecule has 7 nitrogen and oxygen atoms in total. The number of rotatable bonds is 4. The van der Waals surface area contributed by atoms with E-state index in [2.05, 4.69) is 21.8 Å². The van der Waals surface area contributed by atoms with Crippen LogP contribution in [-0.4, -0.2) is 82.5 Å². The number of benzene rings is 1. The van der Waals surface area contributed by atoms with Gasteiger partial charge in [0.2, 0.25) is 0 Å². The van der Waals surface area contributed by atoms with Gasteiger partial charge < -0.3 is 14.8 Å². The van der Waals surface area contributed by atoms with Gasteiger partial charge in [0.15, 0.2) is 0 Å². The first-order valence-electron chi connectivity index (χ1n) is 10.6. The summed E-state index contributed by atoms with van der Waals surface area (Å²) in [5.74, 6) is 0.0440. The molecule has 2 aliphatic rings. The van der Waals surface area contributed by atoms with E-state index in [4.69, 9.17) is 0 Å². The third-order valence-electron chi connectivity index (χ3n) is 6.36. The first kappa shape index (κ1) is 19.9. The molecule has 2 fully saturated rings. The van der Waals surface area contributed by atoms with Crippen LogP contribution in [0.4, 0.5) is 0 Å². The van der Waals surface area contributed by atoms with E-state index in [0.717, 1.165) is 44.1 Å². The van der Waals surface area contributed by atoms with Gasteiger partial charge in [0.25, 0.3) is 5.91 Å². The van der Waals surface area contributed by atoms with Gasteiger partial charge in [-0.2, -0.15) is 0 Å². The van der Waals surface area contributed by atoms with E-state index in [0.29, 0.717) is 11.6 Å². The molecule has 3 heterocycles. The largest absolute Gasteiger partial charge is 0.336 e. The van der Waals surface area contributed by atoms with Gasteiger partial charge in [0.1, 0.15) is 0 Å². The van der Waals surface area contributed by atoms with Gasteiger partial charge in [-0.05, 0) is 51.6 Å². The molecule has 0 bridgehead atoms. The summed E-state index contributed by atoms with van der Waals surface area (Å²) in [7, 11) is 2.23. The number of aromatic nitrogens is 2. The molecule has 1 aromatic heterocycles. The number of carbonyl (C=O) groups is 1. The first-order chi connectivity index (χ1) is 14.0. The molecule has 0 saturated carbocycles. The standard InChI is InChI=1S/C22H31N5O2/c1-17-15-23-22(29)27(17)19-8-5-6-18(14-19)21(28)26-12-10-25(11-13-26)16-20-7-3-4-9-24(20)2/h5-6,8,14-15,20H,3-4,7,9-13,16H2,1-2H3,(H,23,29). The van der Waals surface area contributed by atoms with Crippen LogP contribution in [0.3, 0.4) is 0 Å². The molecule has 1 aromatic carbocycles. The van der Waals surface area contributed by atoms with E-state index in [1.165, 1.54) is 25.8 Å². The van der Waals surface area contributed by atoms with E-state index < -0.39 is 0 Å². The Kier molecular flexibility index (Phi) is 5.87. The van der Waals surface area contributed by atoms with Gasteiger partial charge in [0, 0.05) is 56.2 Å². The molecule has 1 amide bonds. The summed E-state index contributed by atoms with van der Waals surface area (Å²) < 4.78 is 1.59. The number of H-pyrrole nitrogens is 1. The van der Waals surface area contributed by atoms with E-state index in [1.807, 2.05) is 36.1 Å². The smallest absolute Gasteiger partial charge is 0.330 e. The number of nitrogens with one attached hydrogen (secondary N) is 1. The molecule has 2 aromatic rings. The van der Waals surface area contributed by atoms with Crippen molar-refractivity contribution >= 4 is 5.91 Å². The van der Waals surface area contributed by atoms with Crippen LogP contribution in [0.25, 0.3) is 5.69 Å². The summed E-state index contributed by atoms with van der Waals surface area (Å²) in [6, 6.07) is 8.00. The summed E-state index contributed by atoms with van der Waals surface area (Å²) in [4.78, 5) is 34.7. The number of amides is 1. The normalized spacial score (nSPS) is 21.4. The van der Waals surface area contributed by atoms with Crippen molar-refractivity contribution in [1.82, 2.24) is 24.3 Å². The van der Waals surface area contributed by atoms with Crippen LogP contribution in [-0.2, 0) is 0 Å². The number of aromatic amines is 1. The zero-order valence-corrected chi connectivity index (χ0v) is 17.4. The van der Waals surface area contributed by atoms with Crippen molar-refractivity contribution < 1.29 is 4.79 Å². The minimum Gasteiger partial charge on any atom is -0.336 e. The van der Waals surface area contributed by atoms with E-state index in [1.54, 1.807) is 10.8 Å². The Bertz CT molecular complexity index is 910. The zero-order valence-electron chi connectivity index (χ0n) is 17.4. The Hall–Kier alpha value is -2.38. The summed E-state index contributed by atoms with van der Waals surface area (Å²) in [6.07, 6.45) is 5.59. The Morgan fingerprint density at radius 1 is 1.14 bits per heavy atom. The van der Waals surface area contributed by atoms with Crippen LogP contribution in [0.2, 0.25) is 0 Å². The van der Waals surface area contributed by atoms with Crippen LogP contribution < -0.4 is 5.69 Å². The molecule has 156 valence electrons. The van der Waals surface area contributed by atoms with E-state index in [9.17, 15) is 9.59 Å². The second-order valence-corrected chi connectivity index (χ2v) is 8.34. The lowest BCUT2D eigenvalue weighted by molar-refractivity contribution is 0.0565. The molecule has 4 rings (SSSR count). The second kappa shape index (κ2) is 8.55. The highest BCUT2D eigenvalue weighted by molar-refractivity contribution is 5.94. The number of carbonyl (C=O) groups excluding carboxylic acids is 1. The maximum absolute atomic E-state index is 13.0. The van der Waals surface area contributed by atoms with Crippen molar-refractivity contribution in [3.05, 3.63) is 52.2 Å². The summed E-state index contributed by atoms with van der Waals surface area (Å²) in [5.41, 5.74) is 1.99. The number of piperidine rings is 1. The maximum atomic E-state index is 13.0. The Labute approximate surface area is 171 Å². The fraction of sp³-hybridized carbons (Fsp3) is 0.545. The van der Waals surface area contributed by atoms with E-state index in [-0.39, 0.29) is 11.6 Å². The molecule has 1 unspecified atom stereocenters. The van der Waals surface area contributed by atoms with Gasteiger partial charge in [-0.15, -0.1) is 0 Å². The van der Waals surface area contributed by atoms with E-state index >= 15 is 0 Å². The van der Waals surface area contributed by atoms with Crippen LogP contribution >= 0.6 is 0 Å². The van der Waals surface area contributed by atoms with Crippen molar-refractivity contribution in [2.24, 2.45) is 0 Å². The lowest BCUT2D eigenvalue weighted by Crippen LogP contribution is -2.53. The van der Waals surface area contributed by atoms with Crippen molar-refractivity contribution in [2.45, 2.75) is 32.2 Å². The third-order valence-corrected chi connectivity index (χ3v) is 6.36. The molecular formula is C22H31N5O2. The molecule has 2 saturated heterocycles. The number of imidazole rings is 1. The van der Waals surface area contributed by atoms with Crippen molar-refractivity contribution in [3.63, 3.8) is 0 Å². The van der Waals surface area contributed by atoms with Crippen molar-refractivity contribution in [1.29, 1.82) is 0 Å². The topological polar surface area (TPSA) is 64.6 Å². The highest BCUT2D eigenvalue weighted by Gasteiger charge is 2.26. The Balaban J connectivity index is 1.39. The number of hydrogen-bond donors (Lipinski definition) is 1. The summed E-state index contributed by atoms with van der Waals surface area (Å²) in [5, 5.41) is 0. The Morgan fingerprint density at radius 3 is 2.62 bits per heavy atom. The molecule has 0 aliphatic carbocycles. The lowest BCUT2D eigenvalue weighted by Gasteiger charge is -2.40. The fourth-order valence-corrected chi connectivity index (χ4v) is 4.54. The maximum Gasteiger partial charge on any atom is 0.330 e. The summed E-state index contributed by atoms with van der Waals surface area (Å²) in [6.45, 7) is 7.52. The van der Waals surface area contributed by atoms with Crippen molar-refractivity contribution in [2.75, 3.05) is 46.3 Å². The summed E-state index contributed by atoms with van der Waals surface area (Å²) >= 11 is 0. The van der Waals surface area contributed by atoms with Crippen LogP contribution in [0.15, 0.2) is 35.3 Å². The molecule has 2 aliphatic heterocycles. The molecule has 0 radical (unpaired) electrons. The third kappa shape index (κ3) is 4.31. The predicted molar refractivity (Wildman–Crippen MR) is 114 cm³/mol. The van der Waals surface area contributed by atoms with Gasteiger partial charge in [-0.25, -0.2) is 4.79 Å². The van der Waals surface area contributed by atoms with Crippen LogP contribution in [0, 0.1) is 6.92 Å². The van der Waals surface area contributed by atoms with Gasteiger partial charge in [-0.3, -0.25) is 14.3 Å². The predicted octanol–water partition coefficient (Wildman–Crippen LogP) is 1.72. The molecule has 7 heteroatoms. The average molecular weight is 398 g/mol. The fourth-order valence-electron chi connectivity index (χ4n) is 4.54. The van der Waals surface area contributed by atoms with Crippen molar-refractivity contribution in [3.8, 4) is 5.69 Å². The number of aryl methyl sites for hydroxylation is 1. The number of piperazine rings is 1. The van der Waals surface area contributed by atoms with Gasteiger partial charge >= 0.3 is 5.69 Å². The first-order valence-corrected chi connectivity index (χ1v) is 10.6. The van der Waals surface area contributed by atoms with Gasteiger partial charge in [0.05, 0.1) is 5.69 Å². The number of likely N-dealkylation sites (N-methyl/N-ethyl adjacent to an activating group) is 1. The molecule has 1 atom stereocenters. The lowest BCUT2D eigenvalue weighted by atomic mass is 10.0. The number of likely N-dealkylation sites (tertiary alicyclic amines) is 1. The molecule has 29 heavy (non-hydrogen) atoms. The minimum absolute atomic E-state index is 0.0440. The quantitative estimate of drug-likeness (QED) is 0.853. The Morgan fingerprint density at radius 2 is 1.93 bits per heavy atom. The second-order valence-electron chi connectivity index (χ2n) is 8.34. The monoisotopic (exact) mass is 397 g/mol. The highest BCUT2D eigenvalue weighted by atomic mass is 16.2. The minimum atomic E-state index is -0.187. The van der Waals surface area contributed by atoms with Crippen LogP contribution in [0.5, 0.6) is 0 Å². The molecular weight excluding hydrogens is 366 g/mol. The highest BCUT2D eigenvalue weighted by Crippen LogP contribution is 2.18. The zero-order chi connectivity index (χ0) is 20.4. The number of nitrogens with zero attached hydrogens (tertiary/aromatic N) is 4.